The first-order valence-electron chi connectivity index (χ1n) is 9.61. The molecule has 0 fully saturated rings. The Bertz CT molecular complexity index is 1120. The second-order valence-corrected chi connectivity index (χ2v) is 8.41. The van der Waals surface area contributed by atoms with Crippen LogP contribution in [-0.4, -0.2) is 31.4 Å². The quantitative estimate of drug-likeness (QED) is 0.475. The summed E-state index contributed by atoms with van der Waals surface area (Å²) in [5, 5.41) is 5.53. The number of anilines is 1. The van der Waals surface area contributed by atoms with Gasteiger partial charge in [-0.3, -0.25) is 14.4 Å². The van der Waals surface area contributed by atoms with Gasteiger partial charge in [0.15, 0.2) is 0 Å². The Labute approximate surface area is 194 Å². The number of benzene rings is 2. The zero-order valence-electron chi connectivity index (χ0n) is 17.4. The molecule has 0 spiro atoms. The van der Waals surface area contributed by atoms with E-state index in [0.29, 0.717) is 26.9 Å². The van der Waals surface area contributed by atoms with Crippen LogP contribution in [0.15, 0.2) is 60.7 Å². The molecule has 1 atom stereocenters. The lowest BCUT2D eigenvalue weighted by Crippen LogP contribution is -2.33. The van der Waals surface area contributed by atoms with Crippen molar-refractivity contribution in [3.63, 3.8) is 0 Å². The van der Waals surface area contributed by atoms with E-state index in [1.165, 1.54) is 24.5 Å². The van der Waals surface area contributed by atoms with Crippen molar-refractivity contribution in [1.29, 1.82) is 0 Å². The van der Waals surface area contributed by atoms with E-state index in [0.717, 1.165) is 4.88 Å². The first-order chi connectivity index (χ1) is 15.4. The number of carbonyl (C=O) groups is 3. The highest BCUT2D eigenvalue weighted by Crippen LogP contribution is 2.28. The molecule has 0 aliphatic carbocycles. The maximum atomic E-state index is 12.9. The lowest BCUT2D eigenvalue weighted by molar-refractivity contribution is -0.153. The van der Waals surface area contributed by atoms with E-state index >= 15 is 0 Å². The van der Waals surface area contributed by atoms with E-state index in [-0.39, 0.29) is 12.5 Å². The monoisotopic (exact) mass is 472 g/mol. The van der Waals surface area contributed by atoms with Crippen LogP contribution in [0.3, 0.4) is 0 Å². The summed E-state index contributed by atoms with van der Waals surface area (Å²) < 4.78 is 10.5. The van der Waals surface area contributed by atoms with Crippen molar-refractivity contribution < 1.29 is 23.9 Å². The summed E-state index contributed by atoms with van der Waals surface area (Å²) in [6.45, 7) is 1.51. The third kappa shape index (κ3) is 6.09. The van der Waals surface area contributed by atoms with E-state index in [1.54, 1.807) is 48.5 Å². The Morgan fingerprint density at radius 3 is 2.44 bits per heavy atom. The minimum atomic E-state index is -1.22. The number of carbonyl (C=O) groups excluding carboxylic acids is 3. The molecule has 0 saturated heterocycles. The standard InChI is InChI=1S/C23H21ClN2O5S/c1-14-8-11-19(32-14)22(28)25-13-20(27)31-21(15-6-4-3-5-7-15)23(29)26-16-9-10-18(30-2)17(24)12-16/h3-12,21H,13H2,1-2H3,(H,25,28)(H,26,29). The molecule has 166 valence electrons. The van der Waals surface area contributed by atoms with Crippen LogP contribution >= 0.6 is 22.9 Å². The topological polar surface area (TPSA) is 93.7 Å². The predicted molar refractivity (Wildman–Crippen MR) is 123 cm³/mol. The average molecular weight is 473 g/mol. The minimum Gasteiger partial charge on any atom is -0.495 e. The average Bonchev–Trinajstić information content (AvgIpc) is 3.23. The lowest BCUT2D eigenvalue weighted by atomic mass is 10.1. The molecule has 3 rings (SSSR count). The largest absolute Gasteiger partial charge is 0.495 e. The van der Waals surface area contributed by atoms with Gasteiger partial charge in [-0.1, -0.05) is 41.9 Å². The molecule has 32 heavy (non-hydrogen) atoms. The van der Waals surface area contributed by atoms with Crippen molar-refractivity contribution in [3.05, 3.63) is 81.0 Å². The number of thiophene rings is 1. The van der Waals surface area contributed by atoms with E-state index in [2.05, 4.69) is 10.6 Å². The van der Waals surface area contributed by atoms with Crippen molar-refractivity contribution in [2.24, 2.45) is 0 Å². The number of hydrogen-bond donors (Lipinski definition) is 2. The summed E-state index contributed by atoms with van der Waals surface area (Å²) in [6, 6.07) is 16.9. The Kier molecular flexibility index (Phi) is 7.86. The lowest BCUT2D eigenvalue weighted by Gasteiger charge is -2.18. The van der Waals surface area contributed by atoms with Crippen molar-refractivity contribution in [2.75, 3.05) is 19.0 Å². The van der Waals surface area contributed by atoms with Crippen LogP contribution in [0.1, 0.15) is 26.2 Å². The Hall–Kier alpha value is -3.36. The third-order valence-corrected chi connectivity index (χ3v) is 5.66. The van der Waals surface area contributed by atoms with Crippen LogP contribution < -0.4 is 15.4 Å². The molecular formula is C23H21ClN2O5S. The number of halogens is 1. The highest BCUT2D eigenvalue weighted by Gasteiger charge is 2.25. The molecule has 0 saturated carbocycles. The van der Waals surface area contributed by atoms with Crippen LogP contribution in [0.25, 0.3) is 0 Å². The fraction of sp³-hybridized carbons (Fsp3) is 0.174. The molecule has 2 amide bonds. The molecule has 1 heterocycles. The highest BCUT2D eigenvalue weighted by molar-refractivity contribution is 7.13. The van der Waals surface area contributed by atoms with E-state index in [1.807, 2.05) is 13.0 Å². The van der Waals surface area contributed by atoms with E-state index in [9.17, 15) is 14.4 Å². The van der Waals surface area contributed by atoms with Crippen LogP contribution in [-0.2, 0) is 14.3 Å². The minimum absolute atomic E-state index is 0.324. The zero-order chi connectivity index (χ0) is 23.1. The fourth-order valence-corrected chi connectivity index (χ4v) is 3.86. The summed E-state index contributed by atoms with van der Waals surface area (Å²) in [4.78, 5) is 39.0. The molecule has 1 unspecified atom stereocenters. The smallest absolute Gasteiger partial charge is 0.326 e. The van der Waals surface area contributed by atoms with Gasteiger partial charge in [0.2, 0.25) is 6.10 Å². The first kappa shape index (κ1) is 23.3. The molecule has 1 aromatic heterocycles. The number of ether oxygens (including phenoxy) is 2. The van der Waals surface area contributed by atoms with Gasteiger partial charge in [0, 0.05) is 16.1 Å². The number of nitrogens with one attached hydrogen (secondary N) is 2. The summed E-state index contributed by atoms with van der Waals surface area (Å²) in [5.41, 5.74) is 0.900. The van der Waals surface area contributed by atoms with Gasteiger partial charge in [-0.25, -0.2) is 0 Å². The van der Waals surface area contributed by atoms with E-state index in [4.69, 9.17) is 21.1 Å². The summed E-state index contributed by atoms with van der Waals surface area (Å²) in [6.07, 6.45) is -1.22. The van der Waals surface area contributed by atoms with Crippen molar-refractivity contribution in [1.82, 2.24) is 5.32 Å². The summed E-state index contributed by atoms with van der Waals surface area (Å²) >= 11 is 7.44. The molecule has 0 radical (unpaired) electrons. The van der Waals surface area contributed by atoms with Crippen LogP contribution in [0.5, 0.6) is 5.75 Å². The van der Waals surface area contributed by atoms with Gasteiger partial charge in [-0.2, -0.15) is 0 Å². The maximum Gasteiger partial charge on any atom is 0.326 e. The molecular weight excluding hydrogens is 452 g/mol. The summed E-state index contributed by atoms with van der Waals surface area (Å²) in [7, 11) is 1.49. The number of rotatable bonds is 8. The number of aryl methyl sites for hydroxylation is 1. The Morgan fingerprint density at radius 1 is 1.06 bits per heavy atom. The zero-order valence-corrected chi connectivity index (χ0v) is 19.0. The SMILES string of the molecule is COc1ccc(NC(=O)C(OC(=O)CNC(=O)c2ccc(C)s2)c2ccccc2)cc1Cl. The number of esters is 1. The molecule has 7 nitrogen and oxygen atoms in total. The second kappa shape index (κ2) is 10.8. The van der Waals surface area contributed by atoms with Crippen molar-refractivity contribution in [2.45, 2.75) is 13.0 Å². The van der Waals surface area contributed by atoms with Gasteiger partial charge in [-0.15, -0.1) is 11.3 Å². The molecule has 3 aromatic rings. The molecule has 2 N–H and O–H groups in total. The third-order valence-electron chi connectivity index (χ3n) is 4.37. The molecule has 0 bridgehead atoms. The van der Waals surface area contributed by atoms with Gasteiger partial charge >= 0.3 is 5.97 Å². The molecule has 0 aliphatic heterocycles. The number of hydrogen-bond acceptors (Lipinski definition) is 6. The van der Waals surface area contributed by atoms with Crippen LogP contribution in [0.4, 0.5) is 5.69 Å². The van der Waals surface area contributed by atoms with Gasteiger partial charge in [0.05, 0.1) is 17.0 Å². The van der Waals surface area contributed by atoms with Crippen LogP contribution in [0.2, 0.25) is 5.02 Å². The van der Waals surface area contributed by atoms with Gasteiger partial charge in [-0.05, 0) is 37.3 Å². The number of amides is 2. The van der Waals surface area contributed by atoms with Crippen LogP contribution in [0, 0.1) is 6.92 Å². The summed E-state index contributed by atoms with van der Waals surface area (Å²) in [5.74, 6) is -1.23. The predicted octanol–water partition coefficient (Wildman–Crippen LogP) is 4.37. The molecule has 2 aromatic carbocycles. The first-order valence-corrected chi connectivity index (χ1v) is 10.8. The fourth-order valence-electron chi connectivity index (χ4n) is 2.82. The highest BCUT2D eigenvalue weighted by atomic mass is 35.5. The normalized spacial score (nSPS) is 11.3. The maximum absolute atomic E-state index is 12.9. The molecule has 0 aliphatic rings. The van der Waals surface area contributed by atoms with Gasteiger partial charge in [0.25, 0.3) is 11.8 Å². The van der Waals surface area contributed by atoms with E-state index < -0.39 is 18.0 Å². The van der Waals surface area contributed by atoms with Crippen molar-refractivity contribution in [3.8, 4) is 5.75 Å². The Morgan fingerprint density at radius 2 is 1.81 bits per heavy atom. The number of methoxy groups -OCH3 is 1. The molecule has 9 heteroatoms. The Balaban J connectivity index is 1.68. The second-order valence-electron chi connectivity index (χ2n) is 6.71. The van der Waals surface area contributed by atoms with Gasteiger partial charge < -0.3 is 20.1 Å². The van der Waals surface area contributed by atoms with Gasteiger partial charge in [0.1, 0.15) is 12.3 Å². The van der Waals surface area contributed by atoms with Crippen molar-refractivity contribution >= 4 is 46.4 Å².